The molecule has 0 saturated carbocycles. The molecule has 5 nitrogen and oxygen atoms in total. The number of alkyl halides is 3. The number of urea groups is 1. The third-order valence-electron chi connectivity index (χ3n) is 5.68. The molecule has 1 N–H and O–H groups in total. The Morgan fingerprint density at radius 3 is 2.31 bits per heavy atom. The highest BCUT2D eigenvalue weighted by molar-refractivity contribution is 5.94. The number of benzene rings is 3. The second-order valence-corrected chi connectivity index (χ2v) is 8.31. The first kappa shape index (κ1) is 24.3. The van der Waals surface area contributed by atoms with Gasteiger partial charge in [-0.1, -0.05) is 24.3 Å². The lowest BCUT2D eigenvalue weighted by Gasteiger charge is -2.35. The zero-order chi connectivity index (χ0) is 25.0. The summed E-state index contributed by atoms with van der Waals surface area (Å²) in [7, 11) is 0. The summed E-state index contributed by atoms with van der Waals surface area (Å²) in [4.78, 5) is 28.4. The van der Waals surface area contributed by atoms with Gasteiger partial charge in [-0.3, -0.25) is 9.69 Å². The first-order chi connectivity index (χ1) is 16.7. The van der Waals surface area contributed by atoms with E-state index < -0.39 is 11.7 Å². The van der Waals surface area contributed by atoms with Crippen LogP contribution in [0.4, 0.5) is 33.7 Å². The second-order valence-electron chi connectivity index (χ2n) is 8.31. The number of carbonyl (C=O) groups is 2. The van der Waals surface area contributed by atoms with E-state index in [4.69, 9.17) is 0 Å². The van der Waals surface area contributed by atoms with E-state index in [1.54, 1.807) is 47.4 Å². The van der Waals surface area contributed by atoms with Crippen LogP contribution < -0.4 is 10.2 Å². The number of halogens is 4. The fourth-order valence-electron chi connectivity index (χ4n) is 3.95. The summed E-state index contributed by atoms with van der Waals surface area (Å²) < 4.78 is 52.0. The molecule has 3 aromatic carbocycles. The Morgan fingerprint density at radius 1 is 0.914 bits per heavy atom. The number of nitrogens with zero attached hydrogens (tertiary/aromatic N) is 2. The first-order valence-corrected chi connectivity index (χ1v) is 11.1. The maximum atomic E-state index is 13.0. The van der Waals surface area contributed by atoms with E-state index in [1.807, 2.05) is 0 Å². The zero-order valence-electron chi connectivity index (χ0n) is 18.7. The highest BCUT2D eigenvalue weighted by atomic mass is 19.4. The largest absolute Gasteiger partial charge is 0.416 e. The van der Waals surface area contributed by atoms with Gasteiger partial charge in [-0.05, 0) is 66.1 Å². The van der Waals surface area contributed by atoms with Crippen molar-refractivity contribution in [2.45, 2.75) is 25.6 Å². The molecule has 0 unspecified atom stereocenters. The van der Waals surface area contributed by atoms with Crippen molar-refractivity contribution in [1.82, 2.24) is 4.90 Å². The van der Waals surface area contributed by atoms with E-state index in [0.717, 1.165) is 12.1 Å². The van der Waals surface area contributed by atoms with Gasteiger partial charge in [0.25, 0.3) is 0 Å². The molecule has 0 radical (unpaired) electrons. The molecule has 3 aromatic rings. The van der Waals surface area contributed by atoms with Crippen LogP contribution in [0.3, 0.4) is 0 Å². The minimum absolute atomic E-state index is 0.0801. The molecule has 4 rings (SSSR count). The van der Waals surface area contributed by atoms with Crippen molar-refractivity contribution in [3.8, 4) is 0 Å². The van der Waals surface area contributed by atoms with E-state index in [1.165, 1.54) is 23.1 Å². The van der Waals surface area contributed by atoms with Crippen LogP contribution in [0.2, 0.25) is 0 Å². The molecule has 0 spiro atoms. The lowest BCUT2D eigenvalue weighted by atomic mass is 10.1. The molecule has 1 fully saturated rings. The van der Waals surface area contributed by atoms with Crippen LogP contribution in [0.1, 0.15) is 23.1 Å². The Bertz CT molecular complexity index is 1190. The van der Waals surface area contributed by atoms with Gasteiger partial charge in [0, 0.05) is 31.0 Å². The summed E-state index contributed by atoms with van der Waals surface area (Å²) in [5, 5.41) is 2.77. The van der Waals surface area contributed by atoms with Crippen molar-refractivity contribution in [1.29, 1.82) is 0 Å². The highest BCUT2D eigenvalue weighted by Crippen LogP contribution is 2.30. The first-order valence-electron chi connectivity index (χ1n) is 11.1. The molecular formula is C26H23F4N3O2. The molecule has 1 aliphatic heterocycles. The number of hydrogen-bond donors (Lipinski definition) is 1. The molecule has 0 aliphatic carbocycles. The van der Waals surface area contributed by atoms with E-state index in [-0.39, 0.29) is 30.7 Å². The fourth-order valence-corrected chi connectivity index (χ4v) is 3.95. The minimum atomic E-state index is -4.44. The third kappa shape index (κ3) is 6.17. The number of nitrogens with one attached hydrogen (secondary N) is 1. The molecule has 3 amide bonds. The average molecular weight is 485 g/mol. The number of amides is 3. The van der Waals surface area contributed by atoms with Gasteiger partial charge < -0.3 is 10.2 Å². The summed E-state index contributed by atoms with van der Waals surface area (Å²) in [5.74, 6) is -0.629. The van der Waals surface area contributed by atoms with Crippen molar-refractivity contribution in [2.24, 2.45) is 0 Å². The van der Waals surface area contributed by atoms with Gasteiger partial charge in [0.15, 0.2) is 0 Å². The van der Waals surface area contributed by atoms with Crippen LogP contribution in [-0.2, 0) is 23.9 Å². The quantitative estimate of drug-likeness (QED) is 0.445. The van der Waals surface area contributed by atoms with Gasteiger partial charge in [-0.25, -0.2) is 9.18 Å². The summed E-state index contributed by atoms with van der Waals surface area (Å²) in [6.07, 6.45) is -3.68. The normalized spacial score (nSPS) is 14.2. The zero-order valence-corrected chi connectivity index (χ0v) is 18.7. The SMILES string of the molecule is O=C(Cc1ccc(F)cc1)Nc1ccc(N2CCCN(Cc3cccc(C(F)(F)F)c3)C2=O)cc1. The number of rotatable bonds is 6. The Kier molecular flexibility index (Phi) is 7.04. The molecule has 9 heteroatoms. The van der Waals surface area contributed by atoms with E-state index in [9.17, 15) is 27.2 Å². The van der Waals surface area contributed by atoms with Gasteiger partial charge in [0.1, 0.15) is 5.82 Å². The van der Waals surface area contributed by atoms with Gasteiger partial charge in [0.05, 0.1) is 12.0 Å². The predicted molar refractivity (Wildman–Crippen MR) is 124 cm³/mol. The fraction of sp³-hybridized carbons (Fsp3) is 0.231. The topological polar surface area (TPSA) is 52.7 Å². The monoisotopic (exact) mass is 485 g/mol. The Labute approximate surface area is 200 Å². The van der Waals surface area contributed by atoms with Crippen LogP contribution in [0.5, 0.6) is 0 Å². The van der Waals surface area contributed by atoms with E-state index in [2.05, 4.69) is 5.32 Å². The Balaban J connectivity index is 1.38. The number of anilines is 2. The van der Waals surface area contributed by atoms with Crippen molar-refractivity contribution < 1.29 is 27.2 Å². The average Bonchev–Trinajstić information content (AvgIpc) is 2.82. The molecular weight excluding hydrogens is 462 g/mol. The van der Waals surface area contributed by atoms with Crippen molar-refractivity contribution in [2.75, 3.05) is 23.3 Å². The van der Waals surface area contributed by atoms with Crippen LogP contribution in [-0.4, -0.2) is 29.9 Å². The molecule has 35 heavy (non-hydrogen) atoms. The molecule has 1 aliphatic rings. The van der Waals surface area contributed by atoms with Gasteiger partial charge >= 0.3 is 12.2 Å². The standard InChI is InChI=1S/C26H23F4N3O2/c27-21-7-5-18(6-8-21)16-24(34)31-22-9-11-23(12-10-22)33-14-2-13-32(25(33)35)17-19-3-1-4-20(15-19)26(28,29)30/h1,3-12,15H,2,13-14,16-17H2,(H,31,34). The lowest BCUT2D eigenvalue weighted by Crippen LogP contribution is -2.49. The second kappa shape index (κ2) is 10.2. The summed E-state index contributed by atoms with van der Waals surface area (Å²) in [5.41, 5.74) is 1.52. The third-order valence-corrected chi connectivity index (χ3v) is 5.68. The smallest absolute Gasteiger partial charge is 0.326 e. The van der Waals surface area contributed by atoms with Gasteiger partial charge in [0.2, 0.25) is 5.91 Å². The van der Waals surface area contributed by atoms with Gasteiger partial charge in [-0.2, -0.15) is 13.2 Å². The van der Waals surface area contributed by atoms with Crippen LogP contribution in [0.25, 0.3) is 0 Å². The Morgan fingerprint density at radius 2 is 1.63 bits per heavy atom. The molecule has 182 valence electrons. The van der Waals surface area contributed by atoms with E-state index in [0.29, 0.717) is 42.0 Å². The molecule has 0 atom stereocenters. The number of hydrogen-bond acceptors (Lipinski definition) is 2. The maximum absolute atomic E-state index is 13.0. The number of carbonyl (C=O) groups excluding carboxylic acids is 2. The van der Waals surface area contributed by atoms with E-state index >= 15 is 0 Å². The maximum Gasteiger partial charge on any atom is 0.416 e. The van der Waals surface area contributed by atoms with Crippen molar-refractivity contribution >= 4 is 23.3 Å². The molecule has 0 aromatic heterocycles. The summed E-state index contributed by atoms with van der Waals surface area (Å²) in [6.45, 7) is 1.01. The van der Waals surface area contributed by atoms with Crippen LogP contribution >= 0.6 is 0 Å². The summed E-state index contributed by atoms with van der Waals surface area (Å²) in [6, 6.07) is 17.2. The lowest BCUT2D eigenvalue weighted by molar-refractivity contribution is -0.137. The van der Waals surface area contributed by atoms with Gasteiger partial charge in [-0.15, -0.1) is 0 Å². The highest BCUT2D eigenvalue weighted by Gasteiger charge is 2.31. The van der Waals surface area contributed by atoms with Crippen molar-refractivity contribution in [3.05, 3.63) is 95.3 Å². The summed E-state index contributed by atoms with van der Waals surface area (Å²) >= 11 is 0. The molecule has 1 saturated heterocycles. The van der Waals surface area contributed by atoms with Crippen molar-refractivity contribution in [3.63, 3.8) is 0 Å². The van der Waals surface area contributed by atoms with Crippen LogP contribution in [0.15, 0.2) is 72.8 Å². The van der Waals surface area contributed by atoms with Crippen LogP contribution in [0, 0.1) is 5.82 Å². The molecule has 1 heterocycles. The Hall–Kier alpha value is -3.88. The minimum Gasteiger partial charge on any atom is -0.326 e. The molecule has 0 bridgehead atoms. The predicted octanol–water partition coefficient (Wildman–Crippen LogP) is 5.86.